The van der Waals surface area contributed by atoms with Gasteiger partial charge in [0.15, 0.2) is 18.0 Å². The average molecular weight is 1500 g/mol. The van der Waals surface area contributed by atoms with Crippen LogP contribution in [0.4, 0.5) is 22.7 Å². The summed E-state index contributed by atoms with van der Waals surface area (Å²) in [7, 11) is 11.2. The molecule has 4 aliphatic heterocycles. The maximum atomic E-state index is 12.6. The zero-order chi connectivity index (χ0) is 80.2. The molecule has 5 aliphatic rings. The first-order chi connectivity index (χ1) is 50.7. The second kappa shape index (κ2) is 33.4. The minimum atomic E-state index is -4.58. The van der Waals surface area contributed by atoms with Crippen LogP contribution in [0.15, 0.2) is 185 Å². The second-order valence-electron chi connectivity index (χ2n) is 37.4. The predicted octanol–water partition coefficient (Wildman–Crippen LogP) is 18.6. The van der Waals surface area contributed by atoms with E-state index in [1.807, 2.05) is 53.7 Å². The molecule has 0 bridgehead atoms. The Kier molecular flexibility index (Phi) is 26.0. The van der Waals surface area contributed by atoms with Gasteiger partial charge in [-0.1, -0.05) is 112 Å². The van der Waals surface area contributed by atoms with Crippen molar-refractivity contribution in [2.24, 2.45) is 0 Å². The molecule has 1 aliphatic carbocycles. The van der Waals surface area contributed by atoms with Crippen LogP contribution in [0.5, 0.6) is 5.75 Å². The van der Waals surface area contributed by atoms with Crippen LogP contribution in [0.25, 0.3) is 0 Å². The van der Waals surface area contributed by atoms with Crippen molar-refractivity contribution in [3.8, 4) is 5.75 Å². The van der Waals surface area contributed by atoms with Crippen LogP contribution >= 0.6 is 0 Å². The number of rotatable bonds is 26. The van der Waals surface area contributed by atoms with E-state index in [0.717, 1.165) is 121 Å². The van der Waals surface area contributed by atoms with E-state index in [9.17, 15) is 22.6 Å². The lowest BCUT2D eigenvalue weighted by atomic mass is 9.80. The average Bonchev–Trinajstić information content (AvgIpc) is 1.61. The molecule has 0 saturated carbocycles. The first kappa shape index (κ1) is 84.8. The van der Waals surface area contributed by atoms with Crippen molar-refractivity contribution in [1.29, 1.82) is 0 Å². The highest BCUT2D eigenvalue weighted by Gasteiger charge is 2.46. The number of nitrogens with zero attached hydrogens (tertiary/aromatic N) is 6. The molecule has 0 aromatic heterocycles. The van der Waals surface area contributed by atoms with Crippen LogP contribution in [0.1, 0.15) is 206 Å². The molecule has 4 heterocycles. The highest BCUT2D eigenvalue weighted by Crippen LogP contribution is 2.51. The molecule has 109 heavy (non-hydrogen) atoms. The Balaban J connectivity index is 0.000000267. The Hall–Kier alpha value is -8.21. The van der Waals surface area contributed by atoms with Gasteiger partial charge in [-0.15, -0.1) is 0 Å². The van der Waals surface area contributed by atoms with E-state index in [-0.39, 0.29) is 44.0 Å². The van der Waals surface area contributed by atoms with Crippen LogP contribution in [-0.2, 0) is 47.8 Å². The van der Waals surface area contributed by atoms with Crippen molar-refractivity contribution in [2.45, 2.75) is 226 Å². The number of amides is 2. The normalized spacial score (nSPS) is 18.6. The Labute approximate surface area is 656 Å². The summed E-state index contributed by atoms with van der Waals surface area (Å²) in [6.45, 7) is 41.6. The molecule has 15 heteroatoms. The van der Waals surface area contributed by atoms with Gasteiger partial charge in [0.2, 0.25) is 23.2 Å². The molecule has 5 aromatic rings. The molecule has 10 rings (SSSR count). The Morgan fingerprint density at radius 3 is 1.67 bits per heavy atom. The van der Waals surface area contributed by atoms with Gasteiger partial charge in [-0.3, -0.25) is 9.59 Å². The molecule has 0 spiro atoms. The first-order valence-corrected chi connectivity index (χ1v) is 41.2. The molecule has 586 valence electrons. The number of benzene rings is 5. The van der Waals surface area contributed by atoms with Gasteiger partial charge in [0.1, 0.15) is 28.7 Å². The van der Waals surface area contributed by atoms with Crippen molar-refractivity contribution in [2.75, 3.05) is 91.9 Å². The highest BCUT2D eigenvalue weighted by atomic mass is 32.2. The summed E-state index contributed by atoms with van der Waals surface area (Å²) in [5, 5.41) is 6.11. The Bertz CT molecular complexity index is 4630. The molecule has 2 amide bonds. The van der Waals surface area contributed by atoms with Gasteiger partial charge in [0.05, 0.1) is 77.5 Å². The zero-order valence-electron chi connectivity index (χ0n) is 70.8. The Morgan fingerprint density at radius 2 is 1.07 bits per heavy atom. The lowest BCUT2D eigenvalue weighted by Gasteiger charge is -2.29. The SMILES string of the molecule is Cc1ccc2c(c1)C(C)(C)C(/C=C/C1=C(Oc3ccc(CCC(=O)NC(C)(C)C)cc3)C(=C/C=C3/N(CCC[N+](C)(C)C)c4ccc(C)cc4C3(C)C)/CCC1)=[N+]2CCC[N+](C)(C)C.Cc1ccc2c(c1)C(C)(C)C(/C=C/C=C/C=C1\N(CCCCCC(=O)NC(C)(C)C)c3ccc(S(=O)(=O)[O-])cc3C1(C)C)=[N+]2C. The number of unbranched alkanes of at least 4 members (excludes halogenated alkanes) is 2. The number of ether oxygens (including phenoxy) is 1. The smallest absolute Gasteiger partial charge is 0.220 e. The van der Waals surface area contributed by atoms with Gasteiger partial charge in [-0.2, -0.15) is 9.15 Å². The van der Waals surface area contributed by atoms with E-state index in [0.29, 0.717) is 25.8 Å². The number of aryl methyl sites for hydroxylation is 4. The number of hydrogen-bond acceptors (Lipinski definition) is 8. The van der Waals surface area contributed by atoms with Crippen molar-refractivity contribution in [3.05, 3.63) is 225 Å². The number of nitrogens with one attached hydrogen (secondary N) is 2. The number of fused-ring (bicyclic) bond motifs is 4. The number of carbonyl (C=O) groups excluding carboxylic acids is 2. The van der Waals surface area contributed by atoms with Crippen molar-refractivity contribution in [3.63, 3.8) is 0 Å². The number of carbonyl (C=O) groups is 2. The standard InChI is InChI=1S/C57H81N5O2.C37H49N3O4S/c1-41-21-30-49-47(39-41)56(6,7)51(59(49)35-17-37-61(10,11)12)32-26-44-19-16-20-45(54(44)64-46-28-23-43(24-29-46)25-34-53(63)58-55(3,4)5)27-33-52-57(8,9)48-40-42(2)22-31-50(48)60(52)36-18-38-62(13,14)15;1-26-19-21-30-28(24-26)36(5,6)32(39(30)9)16-12-10-13-17-33-37(7,8)29-25-27(45(42,43)44)20-22-31(29)40(33)23-15-11-14-18-34(41)38-35(2,3)4/h21-24,26-33,39-40H,16-20,25,34-38H2,1-15H3;10,12-13,16-17,19-22,24-25H,11,14-15,18,23H2,1-9H3,(H-,38,41,42,43,44)/q+2;/p+1. The minimum absolute atomic E-state index is 0.0598. The molecule has 0 fully saturated rings. The van der Waals surface area contributed by atoms with Crippen LogP contribution in [-0.4, -0.2) is 147 Å². The van der Waals surface area contributed by atoms with E-state index in [1.165, 1.54) is 90.8 Å². The van der Waals surface area contributed by atoms with Crippen molar-refractivity contribution >= 4 is 56.1 Å². The quantitative estimate of drug-likeness (QED) is 0.0184. The van der Waals surface area contributed by atoms with E-state index >= 15 is 0 Å². The molecule has 0 unspecified atom stereocenters. The third kappa shape index (κ3) is 21.1. The molecule has 2 N–H and O–H groups in total. The van der Waals surface area contributed by atoms with E-state index in [2.05, 4.69) is 276 Å². The monoisotopic (exact) mass is 1500 g/mol. The summed E-state index contributed by atoms with van der Waals surface area (Å²) in [5.41, 5.74) is 20.7. The number of allylic oxidation sites excluding steroid dienone is 13. The third-order valence-electron chi connectivity index (χ3n) is 22.0. The minimum Gasteiger partial charge on any atom is -0.744 e. The summed E-state index contributed by atoms with van der Waals surface area (Å²) < 4.78 is 49.4. The van der Waals surface area contributed by atoms with Crippen molar-refractivity contribution < 1.29 is 45.4 Å². The highest BCUT2D eigenvalue weighted by molar-refractivity contribution is 7.85. The van der Waals surface area contributed by atoms with Crippen LogP contribution in [0.2, 0.25) is 0 Å². The molecule has 14 nitrogen and oxygen atoms in total. The fourth-order valence-corrected chi connectivity index (χ4v) is 16.8. The maximum absolute atomic E-state index is 12.6. The van der Waals surface area contributed by atoms with Gasteiger partial charge in [-0.25, -0.2) is 8.42 Å². The van der Waals surface area contributed by atoms with Crippen molar-refractivity contribution in [1.82, 2.24) is 10.6 Å². The number of hydrogen-bond donors (Lipinski definition) is 2. The summed E-state index contributed by atoms with van der Waals surface area (Å²) >= 11 is 0. The summed E-state index contributed by atoms with van der Waals surface area (Å²) in [6.07, 6.45) is 29.2. The lowest BCUT2D eigenvalue weighted by Crippen LogP contribution is -2.40. The fraction of sp³-hybridized carbons (Fsp3) is 0.489. The molecular formula is C94H131N8O6S+3. The van der Waals surface area contributed by atoms with E-state index in [4.69, 9.17) is 4.74 Å². The predicted molar refractivity (Wildman–Crippen MR) is 453 cm³/mol. The topological polar surface area (TPSA) is 137 Å². The van der Waals surface area contributed by atoms with Gasteiger partial charge in [0, 0.05) is 112 Å². The first-order valence-electron chi connectivity index (χ1n) is 39.8. The molecular weight excluding hydrogens is 1370 g/mol. The fourth-order valence-electron chi connectivity index (χ4n) is 16.3. The Morgan fingerprint density at radius 1 is 0.550 bits per heavy atom. The van der Waals surface area contributed by atoms with Gasteiger partial charge >= 0.3 is 0 Å². The van der Waals surface area contributed by atoms with Crippen LogP contribution in [0.3, 0.4) is 0 Å². The summed E-state index contributed by atoms with van der Waals surface area (Å²) in [4.78, 5) is 29.5. The van der Waals surface area contributed by atoms with Gasteiger partial charge in [-0.05, 0) is 223 Å². The maximum Gasteiger partial charge on any atom is 0.220 e. The zero-order valence-corrected chi connectivity index (χ0v) is 71.6. The lowest BCUT2D eigenvalue weighted by molar-refractivity contribution is -0.871. The van der Waals surface area contributed by atoms with Crippen LogP contribution in [0, 0.1) is 20.8 Å². The number of quaternary nitrogens is 2. The molecule has 0 radical (unpaired) electrons. The molecule has 0 saturated heterocycles. The molecule has 0 atom stereocenters. The van der Waals surface area contributed by atoms with Gasteiger partial charge in [0.25, 0.3) is 0 Å². The second-order valence-corrected chi connectivity index (χ2v) is 38.8. The van der Waals surface area contributed by atoms with E-state index < -0.39 is 15.5 Å². The third-order valence-corrected chi connectivity index (χ3v) is 22.9. The largest absolute Gasteiger partial charge is 0.744 e. The summed E-state index contributed by atoms with van der Waals surface area (Å²) in [6, 6.07) is 33.6. The van der Waals surface area contributed by atoms with Gasteiger partial charge < -0.3 is 38.7 Å². The van der Waals surface area contributed by atoms with Crippen LogP contribution < -0.4 is 25.2 Å². The molecule has 5 aromatic carbocycles. The number of anilines is 2. The summed E-state index contributed by atoms with van der Waals surface area (Å²) in [5.74, 6) is 1.90. The van der Waals surface area contributed by atoms with E-state index in [1.54, 1.807) is 6.07 Å².